The third-order valence-electron chi connectivity index (χ3n) is 3.07. The van der Waals surface area contributed by atoms with E-state index < -0.39 is 0 Å². The number of likely N-dealkylation sites (tertiary alicyclic amines) is 1. The van der Waals surface area contributed by atoms with Gasteiger partial charge in [-0.2, -0.15) is 11.8 Å². The predicted molar refractivity (Wildman–Crippen MR) is 76.8 cm³/mol. The van der Waals surface area contributed by atoms with Gasteiger partial charge in [-0.05, 0) is 24.3 Å². The summed E-state index contributed by atoms with van der Waals surface area (Å²) in [5, 5.41) is 9.47. The highest BCUT2D eigenvalue weighted by atomic mass is 32.2. The van der Waals surface area contributed by atoms with Gasteiger partial charge in [0.15, 0.2) is 5.12 Å². The molecule has 1 amide bonds. The molecule has 0 aromatic carbocycles. The van der Waals surface area contributed by atoms with Crippen LogP contribution >= 0.6 is 23.5 Å². The molecule has 104 valence electrons. The Balaban J connectivity index is 2.46. The highest BCUT2D eigenvalue weighted by Crippen LogP contribution is 2.25. The topological polar surface area (TPSA) is 57.6 Å². The minimum atomic E-state index is -0.0581. The van der Waals surface area contributed by atoms with Gasteiger partial charge in [0.2, 0.25) is 5.91 Å². The van der Waals surface area contributed by atoms with Crippen LogP contribution < -0.4 is 0 Å². The first-order valence-corrected chi connectivity index (χ1v) is 8.49. The summed E-state index contributed by atoms with van der Waals surface area (Å²) in [7, 11) is 0. The maximum Gasteiger partial charge on any atom is 0.223 e. The molecule has 0 bridgehead atoms. The van der Waals surface area contributed by atoms with Crippen LogP contribution in [-0.4, -0.2) is 58.0 Å². The number of aliphatic hydroxyl groups excluding tert-OH is 1. The van der Waals surface area contributed by atoms with Crippen molar-refractivity contribution >= 4 is 34.5 Å². The summed E-state index contributed by atoms with van der Waals surface area (Å²) in [4.78, 5) is 24.6. The van der Waals surface area contributed by atoms with Gasteiger partial charge >= 0.3 is 0 Å². The van der Waals surface area contributed by atoms with Gasteiger partial charge in [0, 0.05) is 25.6 Å². The third kappa shape index (κ3) is 4.82. The van der Waals surface area contributed by atoms with E-state index in [0.29, 0.717) is 18.7 Å². The molecule has 1 saturated heterocycles. The first-order valence-electron chi connectivity index (χ1n) is 6.11. The molecule has 0 radical (unpaired) electrons. The molecule has 1 fully saturated rings. The minimum absolute atomic E-state index is 0.0267. The normalized spacial score (nSPS) is 21.4. The fourth-order valence-electron chi connectivity index (χ4n) is 2.11. The van der Waals surface area contributed by atoms with Crippen molar-refractivity contribution < 1.29 is 14.7 Å². The van der Waals surface area contributed by atoms with E-state index in [2.05, 4.69) is 0 Å². The molecule has 0 aliphatic carbocycles. The lowest BCUT2D eigenvalue weighted by Gasteiger charge is -2.26. The standard InChI is InChI=1S/C12H21NO3S2/c1-9(15)18-8-10-5-12(16)13(6-10)11(7-14)3-4-17-2/h10-11,14H,3-8H2,1-2H3. The van der Waals surface area contributed by atoms with Crippen molar-refractivity contribution in [1.82, 2.24) is 4.90 Å². The van der Waals surface area contributed by atoms with E-state index >= 15 is 0 Å². The summed E-state index contributed by atoms with van der Waals surface area (Å²) < 4.78 is 0. The lowest BCUT2D eigenvalue weighted by molar-refractivity contribution is -0.130. The van der Waals surface area contributed by atoms with Crippen LogP contribution in [0.2, 0.25) is 0 Å². The lowest BCUT2D eigenvalue weighted by atomic mass is 10.1. The highest BCUT2D eigenvalue weighted by Gasteiger charge is 2.33. The zero-order valence-corrected chi connectivity index (χ0v) is 12.6. The second-order valence-electron chi connectivity index (χ2n) is 4.54. The minimum Gasteiger partial charge on any atom is -0.394 e. The van der Waals surface area contributed by atoms with E-state index in [4.69, 9.17) is 0 Å². The number of hydrogen-bond donors (Lipinski definition) is 1. The number of hydrogen-bond acceptors (Lipinski definition) is 5. The summed E-state index contributed by atoms with van der Waals surface area (Å²) in [6.07, 6.45) is 3.36. The Morgan fingerprint density at radius 3 is 2.89 bits per heavy atom. The average molecular weight is 291 g/mol. The molecule has 1 aliphatic rings. The number of rotatable bonds is 7. The van der Waals surface area contributed by atoms with E-state index in [-0.39, 0.29) is 29.6 Å². The summed E-state index contributed by atoms with van der Waals surface area (Å²) in [5.74, 6) is 2.01. The average Bonchev–Trinajstić information content (AvgIpc) is 2.69. The summed E-state index contributed by atoms with van der Waals surface area (Å²) in [6, 6.07) is -0.0581. The number of thioether (sulfide) groups is 2. The van der Waals surface area contributed by atoms with Gasteiger partial charge in [0.05, 0.1) is 12.6 Å². The second-order valence-corrected chi connectivity index (χ2v) is 6.72. The maximum atomic E-state index is 11.9. The third-order valence-corrected chi connectivity index (χ3v) is 4.76. The van der Waals surface area contributed by atoms with Crippen LogP contribution in [0, 0.1) is 5.92 Å². The molecule has 1 aliphatic heterocycles. The summed E-state index contributed by atoms with van der Waals surface area (Å²) >= 11 is 3.01. The lowest BCUT2D eigenvalue weighted by Crippen LogP contribution is -2.39. The fourth-order valence-corrected chi connectivity index (χ4v) is 3.31. The van der Waals surface area contributed by atoms with Gasteiger partial charge in [0.25, 0.3) is 0 Å². The van der Waals surface area contributed by atoms with E-state index in [1.165, 1.54) is 11.8 Å². The molecule has 1 N–H and O–H groups in total. The summed E-state index contributed by atoms with van der Waals surface area (Å²) in [5.41, 5.74) is 0. The fraction of sp³-hybridized carbons (Fsp3) is 0.833. The molecular weight excluding hydrogens is 270 g/mol. The van der Waals surface area contributed by atoms with Crippen molar-refractivity contribution in [3.05, 3.63) is 0 Å². The molecule has 18 heavy (non-hydrogen) atoms. The molecule has 6 heteroatoms. The monoisotopic (exact) mass is 291 g/mol. The van der Waals surface area contributed by atoms with Gasteiger partial charge in [-0.15, -0.1) is 0 Å². The van der Waals surface area contributed by atoms with Crippen LogP contribution in [0.25, 0.3) is 0 Å². The smallest absolute Gasteiger partial charge is 0.223 e. The second kappa shape index (κ2) is 8.07. The molecule has 0 aromatic rings. The van der Waals surface area contributed by atoms with Crippen LogP contribution in [0.4, 0.5) is 0 Å². The number of aliphatic hydroxyl groups is 1. The Bertz CT molecular complexity index is 299. The molecule has 1 rings (SSSR count). The largest absolute Gasteiger partial charge is 0.394 e. The quantitative estimate of drug-likeness (QED) is 0.764. The van der Waals surface area contributed by atoms with Crippen LogP contribution in [0.15, 0.2) is 0 Å². The van der Waals surface area contributed by atoms with Crippen molar-refractivity contribution in [1.29, 1.82) is 0 Å². The molecular formula is C12H21NO3S2. The van der Waals surface area contributed by atoms with E-state index in [0.717, 1.165) is 12.2 Å². The Morgan fingerprint density at radius 1 is 1.61 bits per heavy atom. The van der Waals surface area contributed by atoms with Crippen molar-refractivity contribution in [2.24, 2.45) is 5.92 Å². The molecule has 0 aromatic heterocycles. The van der Waals surface area contributed by atoms with Gasteiger partial charge in [-0.3, -0.25) is 9.59 Å². The van der Waals surface area contributed by atoms with E-state index in [9.17, 15) is 14.7 Å². The van der Waals surface area contributed by atoms with Crippen molar-refractivity contribution in [3.63, 3.8) is 0 Å². The Labute approximate surface area is 117 Å². The zero-order chi connectivity index (χ0) is 13.5. The van der Waals surface area contributed by atoms with Gasteiger partial charge < -0.3 is 10.0 Å². The molecule has 2 atom stereocenters. The number of carbonyl (C=O) groups is 2. The predicted octanol–water partition coefficient (Wildman–Crippen LogP) is 1.23. The highest BCUT2D eigenvalue weighted by molar-refractivity contribution is 8.13. The van der Waals surface area contributed by atoms with Crippen LogP contribution in [0.5, 0.6) is 0 Å². The first kappa shape index (κ1) is 15.9. The van der Waals surface area contributed by atoms with Gasteiger partial charge in [0.1, 0.15) is 0 Å². The van der Waals surface area contributed by atoms with Crippen molar-refractivity contribution in [2.45, 2.75) is 25.8 Å². The van der Waals surface area contributed by atoms with E-state index in [1.54, 1.807) is 23.6 Å². The molecule has 4 nitrogen and oxygen atoms in total. The molecule has 1 heterocycles. The number of amides is 1. The van der Waals surface area contributed by atoms with Crippen molar-refractivity contribution in [2.75, 3.05) is 30.9 Å². The Kier molecular flexibility index (Phi) is 7.11. The maximum absolute atomic E-state index is 11.9. The van der Waals surface area contributed by atoms with Crippen LogP contribution in [-0.2, 0) is 9.59 Å². The summed E-state index contributed by atoms with van der Waals surface area (Å²) in [6.45, 7) is 2.26. The van der Waals surface area contributed by atoms with Crippen molar-refractivity contribution in [3.8, 4) is 0 Å². The Morgan fingerprint density at radius 2 is 2.33 bits per heavy atom. The molecule has 0 saturated carbocycles. The van der Waals surface area contributed by atoms with Crippen LogP contribution in [0.1, 0.15) is 19.8 Å². The molecule has 2 unspecified atom stereocenters. The molecule has 0 spiro atoms. The number of carbonyl (C=O) groups excluding carboxylic acids is 2. The van der Waals surface area contributed by atoms with E-state index in [1.807, 2.05) is 6.26 Å². The van der Waals surface area contributed by atoms with Crippen LogP contribution in [0.3, 0.4) is 0 Å². The SMILES string of the molecule is CSCCC(CO)N1CC(CSC(C)=O)CC1=O. The van der Waals surface area contributed by atoms with Gasteiger partial charge in [-0.1, -0.05) is 11.8 Å². The first-order chi connectivity index (χ1) is 8.58. The zero-order valence-electron chi connectivity index (χ0n) is 10.9. The number of nitrogens with zero attached hydrogens (tertiary/aromatic N) is 1. The Hall–Kier alpha value is -0.200. The van der Waals surface area contributed by atoms with Gasteiger partial charge in [-0.25, -0.2) is 0 Å².